The van der Waals surface area contributed by atoms with E-state index in [4.69, 9.17) is 14.3 Å². The number of hydroxylamine groups is 2. The summed E-state index contributed by atoms with van der Waals surface area (Å²) in [6, 6.07) is 5.92. The van der Waals surface area contributed by atoms with E-state index in [1.54, 1.807) is 7.11 Å². The summed E-state index contributed by atoms with van der Waals surface area (Å²) >= 11 is 0. The van der Waals surface area contributed by atoms with E-state index in [9.17, 15) is 9.59 Å². The van der Waals surface area contributed by atoms with Crippen LogP contribution in [0.25, 0.3) is 5.57 Å². The van der Waals surface area contributed by atoms with Crippen LogP contribution in [-0.2, 0) is 19.1 Å². The van der Waals surface area contributed by atoms with Crippen molar-refractivity contribution >= 4 is 17.6 Å². The highest BCUT2D eigenvalue weighted by molar-refractivity contribution is 6.23. The molecular formula is C23H32N2O5. The van der Waals surface area contributed by atoms with E-state index in [-0.39, 0.29) is 17.9 Å². The lowest BCUT2D eigenvalue weighted by Gasteiger charge is -2.38. The molecule has 2 heterocycles. The zero-order chi connectivity index (χ0) is 22.1. The zero-order valence-corrected chi connectivity index (χ0v) is 18.8. The van der Waals surface area contributed by atoms with Crippen LogP contribution < -0.4 is 5.32 Å². The highest BCUT2D eigenvalue weighted by atomic mass is 16.7. The maximum Gasteiger partial charge on any atom is 0.513 e. The van der Waals surface area contributed by atoms with Gasteiger partial charge in [0.25, 0.3) is 5.91 Å². The highest BCUT2D eigenvalue weighted by Gasteiger charge is 2.50. The normalized spacial score (nSPS) is 19.2. The Labute approximate surface area is 178 Å². The first-order valence-corrected chi connectivity index (χ1v) is 10.3. The van der Waals surface area contributed by atoms with E-state index < -0.39 is 11.7 Å². The molecule has 0 aliphatic carbocycles. The third kappa shape index (κ3) is 4.68. The lowest BCUT2D eigenvalue weighted by molar-refractivity contribution is -0.152. The van der Waals surface area contributed by atoms with Crippen LogP contribution in [0.5, 0.6) is 0 Å². The Morgan fingerprint density at radius 3 is 2.47 bits per heavy atom. The first kappa shape index (κ1) is 22.3. The van der Waals surface area contributed by atoms with E-state index >= 15 is 0 Å². The van der Waals surface area contributed by atoms with Gasteiger partial charge in [0.15, 0.2) is 5.76 Å². The molecule has 7 nitrogen and oxygen atoms in total. The van der Waals surface area contributed by atoms with E-state index in [0.717, 1.165) is 16.7 Å². The van der Waals surface area contributed by atoms with Crippen molar-refractivity contribution < 1.29 is 23.9 Å². The van der Waals surface area contributed by atoms with Crippen LogP contribution >= 0.6 is 0 Å². The van der Waals surface area contributed by atoms with Gasteiger partial charge in [-0.15, -0.1) is 0 Å². The monoisotopic (exact) mass is 416 g/mol. The molecule has 1 amide bonds. The predicted molar refractivity (Wildman–Crippen MR) is 113 cm³/mol. The molecule has 0 saturated carbocycles. The number of carbonyl (C=O) groups excluding carboxylic acids is 2. The highest BCUT2D eigenvalue weighted by Crippen LogP contribution is 2.41. The van der Waals surface area contributed by atoms with Crippen molar-refractivity contribution in [2.75, 3.05) is 26.8 Å². The first-order valence-electron chi connectivity index (χ1n) is 10.3. The standard InChI is InChI=1S/C23H32N2O5/c1-15-7-8-16(2)17(13-15)18-19(30-21(27)29-14-22(3,4)5)23(24-20(18)26)9-11-25(28-6)12-10-23/h7-8,13H,9-12,14H2,1-6H3,(H,24,26). The topological polar surface area (TPSA) is 77.1 Å². The summed E-state index contributed by atoms with van der Waals surface area (Å²) in [7, 11) is 1.63. The number of aryl methyl sites for hydroxylation is 2. The van der Waals surface area contributed by atoms with Gasteiger partial charge in [-0.05, 0) is 43.2 Å². The lowest BCUT2D eigenvalue weighted by atomic mass is 9.85. The number of piperidine rings is 1. The Morgan fingerprint density at radius 1 is 1.20 bits per heavy atom. The minimum absolute atomic E-state index is 0.186. The largest absolute Gasteiger partial charge is 0.513 e. The van der Waals surface area contributed by atoms with Crippen LogP contribution in [0.1, 0.15) is 50.3 Å². The molecule has 30 heavy (non-hydrogen) atoms. The molecule has 1 N–H and O–H groups in total. The number of nitrogens with one attached hydrogen (secondary N) is 1. The number of ether oxygens (including phenoxy) is 2. The smallest absolute Gasteiger partial charge is 0.433 e. The summed E-state index contributed by atoms with van der Waals surface area (Å²) in [5, 5.41) is 4.95. The average Bonchev–Trinajstić information content (AvgIpc) is 2.93. The first-order chi connectivity index (χ1) is 14.0. The van der Waals surface area contributed by atoms with Gasteiger partial charge >= 0.3 is 6.16 Å². The zero-order valence-electron chi connectivity index (χ0n) is 18.8. The van der Waals surface area contributed by atoms with Crippen molar-refractivity contribution in [1.29, 1.82) is 0 Å². The SMILES string of the molecule is CON1CCC2(CC1)NC(=O)C(c1cc(C)ccc1C)=C2OC(=O)OCC(C)(C)C. The van der Waals surface area contributed by atoms with Crippen LogP contribution in [0.15, 0.2) is 24.0 Å². The van der Waals surface area contributed by atoms with Gasteiger partial charge in [0, 0.05) is 13.1 Å². The van der Waals surface area contributed by atoms with Crippen LogP contribution in [0.3, 0.4) is 0 Å². The Hall–Kier alpha value is -2.38. The molecule has 0 aromatic heterocycles. The Kier molecular flexibility index (Phi) is 6.24. The number of benzene rings is 1. The van der Waals surface area contributed by atoms with E-state index in [2.05, 4.69) is 5.32 Å². The van der Waals surface area contributed by atoms with Crippen molar-refractivity contribution in [3.63, 3.8) is 0 Å². The van der Waals surface area contributed by atoms with Crippen molar-refractivity contribution in [2.24, 2.45) is 5.41 Å². The third-order valence-electron chi connectivity index (χ3n) is 5.55. The van der Waals surface area contributed by atoms with Crippen LogP contribution in [0.2, 0.25) is 0 Å². The molecule has 0 bridgehead atoms. The maximum atomic E-state index is 13.1. The van der Waals surface area contributed by atoms with Crippen molar-refractivity contribution in [2.45, 2.75) is 53.0 Å². The van der Waals surface area contributed by atoms with Gasteiger partial charge in [0.2, 0.25) is 0 Å². The van der Waals surface area contributed by atoms with Gasteiger partial charge in [-0.1, -0.05) is 44.5 Å². The molecule has 1 aromatic rings. The molecule has 0 atom stereocenters. The van der Waals surface area contributed by atoms with Gasteiger partial charge in [0.05, 0.1) is 19.3 Å². The molecule has 1 aromatic carbocycles. The van der Waals surface area contributed by atoms with Gasteiger partial charge in [-0.2, -0.15) is 5.06 Å². The summed E-state index contributed by atoms with van der Waals surface area (Å²) < 4.78 is 11.1. The van der Waals surface area contributed by atoms with E-state index in [1.165, 1.54) is 0 Å². The number of rotatable bonds is 4. The van der Waals surface area contributed by atoms with Crippen LogP contribution in [0.4, 0.5) is 4.79 Å². The number of amides is 1. The second kappa shape index (κ2) is 8.40. The molecule has 1 spiro atoms. The van der Waals surface area contributed by atoms with Gasteiger partial charge in [-0.3, -0.25) is 4.79 Å². The number of hydrogen-bond donors (Lipinski definition) is 1. The Balaban J connectivity index is 2.01. The van der Waals surface area contributed by atoms with Crippen LogP contribution in [0, 0.1) is 19.3 Å². The fraction of sp³-hybridized carbons (Fsp3) is 0.565. The number of hydrogen-bond acceptors (Lipinski definition) is 6. The quantitative estimate of drug-likeness (QED) is 0.754. The molecule has 0 unspecified atom stereocenters. The summed E-state index contributed by atoms with van der Waals surface area (Å²) in [4.78, 5) is 31.0. The molecule has 164 valence electrons. The Bertz CT molecular complexity index is 861. The molecule has 0 radical (unpaired) electrons. The fourth-order valence-corrected chi connectivity index (χ4v) is 3.87. The lowest BCUT2D eigenvalue weighted by Crippen LogP contribution is -2.53. The molecular weight excluding hydrogens is 384 g/mol. The average molecular weight is 417 g/mol. The Morgan fingerprint density at radius 2 is 1.87 bits per heavy atom. The van der Waals surface area contributed by atoms with E-state index in [1.807, 2.05) is 57.9 Å². The molecule has 1 fully saturated rings. The predicted octanol–water partition coefficient (Wildman–Crippen LogP) is 3.74. The summed E-state index contributed by atoms with van der Waals surface area (Å²) in [5.74, 6) is 0.129. The summed E-state index contributed by atoms with van der Waals surface area (Å²) in [6.07, 6.45) is 0.360. The summed E-state index contributed by atoms with van der Waals surface area (Å²) in [5.41, 5.74) is 2.22. The molecule has 2 aliphatic rings. The maximum absolute atomic E-state index is 13.1. The second-order valence-corrected chi connectivity index (χ2v) is 9.37. The van der Waals surface area contributed by atoms with Gasteiger partial charge in [-0.25, -0.2) is 4.79 Å². The van der Waals surface area contributed by atoms with Crippen LogP contribution in [-0.4, -0.2) is 49.5 Å². The minimum Gasteiger partial charge on any atom is -0.433 e. The van der Waals surface area contributed by atoms with Crippen molar-refractivity contribution in [3.8, 4) is 0 Å². The number of carbonyl (C=O) groups is 2. The van der Waals surface area contributed by atoms with Crippen molar-refractivity contribution in [3.05, 3.63) is 40.6 Å². The minimum atomic E-state index is -0.784. The van der Waals surface area contributed by atoms with Gasteiger partial charge < -0.3 is 19.6 Å². The van der Waals surface area contributed by atoms with Gasteiger partial charge in [0.1, 0.15) is 5.54 Å². The molecule has 2 aliphatic heterocycles. The fourth-order valence-electron chi connectivity index (χ4n) is 3.87. The summed E-state index contributed by atoms with van der Waals surface area (Å²) in [6.45, 7) is 11.3. The van der Waals surface area contributed by atoms with Crippen molar-refractivity contribution in [1.82, 2.24) is 10.4 Å². The molecule has 1 saturated heterocycles. The number of nitrogens with zero attached hydrogens (tertiary/aromatic N) is 1. The third-order valence-corrected chi connectivity index (χ3v) is 5.55. The van der Waals surface area contributed by atoms with E-state index in [0.29, 0.717) is 37.3 Å². The molecule has 3 rings (SSSR count). The second-order valence-electron chi connectivity index (χ2n) is 9.37. The molecule has 7 heteroatoms.